The molecule has 1 aliphatic heterocycles. The van der Waals surface area contributed by atoms with Crippen molar-refractivity contribution in [2.24, 2.45) is 0 Å². The molecule has 1 aromatic heterocycles. The van der Waals surface area contributed by atoms with Gasteiger partial charge in [0, 0.05) is 30.9 Å². The molecule has 0 aliphatic carbocycles. The third-order valence-electron chi connectivity index (χ3n) is 3.85. The van der Waals surface area contributed by atoms with E-state index in [-0.39, 0.29) is 23.0 Å². The fourth-order valence-corrected chi connectivity index (χ4v) is 3.66. The molecule has 0 bridgehead atoms. The van der Waals surface area contributed by atoms with Gasteiger partial charge < -0.3 is 10.6 Å². The van der Waals surface area contributed by atoms with Crippen LogP contribution in [0.1, 0.15) is 17.9 Å². The molecule has 2 aromatic rings. The summed E-state index contributed by atoms with van der Waals surface area (Å²) in [5, 5.41) is 5.40. The van der Waals surface area contributed by atoms with Gasteiger partial charge in [-0.1, -0.05) is 12.1 Å². The number of amides is 2. The molecule has 1 atom stereocenters. The highest BCUT2D eigenvalue weighted by Crippen LogP contribution is 2.30. The Kier molecular flexibility index (Phi) is 4.41. The monoisotopic (exact) mass is 360 g/mol. The first kappa shape index (κ1) is 16.9. The van der Waals surface area contributed by atoms with E-state index in [1.54, 1.807) is 31.3 Å². The minimum absolute atomic E-state index is 0.0422. The van der Waals surface area contributed by atoms with Crippen LogP contribution in [0.2, 0.25) is 0 Å². The SMILES string of the molecule is CNc1cccc(S(=O)(=O)NC(=O)C2CC(=O)Nc3ncccc32)c1. The molecule has 1 aromatic carbocycles. The Morgan fingerprint density at radius 1 is 1.28 bits per heavy atom. The van der Waals surface area contributed by atoms with Gasteiger partial charge in [0.1, 0.15) is 5.82 Å². The lowest BCUT2D eigenvalue weighted by molar-refractivity contribution is -0.125. The van der Waals surface area contributed by atoms with Gasteiger partial charge in [-0.05, 0) is 24.3 Å². The number of anilines is 2. The zero-order valence-electron chi connectivity index (χ0n) is 13.3. The van der Waals surface area contributed by atoms with Crippen LogP contribution in [0.5, 0.6) is 0 Å². The molecule has 1 aliphatic rings. The molecule has 130 valence electrons. The summed E-state index contributed by atoms with van der Waals surface area (Å²) in [6, 6.07) is 9.34. The fraction of sp³-hybridized carbons (Fsp3) is 0.188. The molecule has 0 fully saturated rings. The standard InChI is InChI=1S/C16H16N4O4S/c1-17-10-4-2-5-11(8-10)25(23,24)20-16(22)13-9-14(21)19-15-12(13)6-3-7-18-15/h2-8,13,17H,9H2,1H3,(H,20,22)(H,18,19,21). The maximum absolute atomic E-state index is 12.5. The van der Waals surface area contributed by atoms with Crippen molar-refractivity contribution in [1.82, 2.24) is 9.71 Å². The summed E-state index contributed by atoms with van der Waals surface area (Å²) in [6.45, 7) is 0. The smallest absolute Gasteiger partial charge is 0.264 e. The zero-order valence-corrected chi connectivity index (χ0v) is 14.1. The summed E-state index contributed by atoms with van der Waals surface area (Å²) in [5.41, 5.74) is 1.08. The van der Waals surface area contributed by atoms with Gasteiger partial charge in [-0.15, -0.1) is 0 Å². The Morgan fingerprint density at radius 3 is 2.84 bits per heavy atom. The lowest BCUT2D eigenvalue weighted by atomic mass is 9.92. The number of carbonyl (C=O) groups excluding carboxylic acids is 2. The van der Waals surface area contributed by atoms with E-state index in [1.807, 2.05) is 0 Å². The van der Waals surface area contributed by atoms with Crippen molar-refractivity contribution in [2.75, 3.05) is 17.7 Å². The Hall–Kier alpha value is -2.94. The van der Waals surface area contributed by atoms with Crippen molar-refractivity contribution in [2.45, 2.75) is 17.2 Å². The van der Waals surface area contributed by atoms with E-state index in [0.29, 0.717) is 11.3 Å². The molecular formula is C16H16N4O4S. The van der Waals surface area contributed by atoms with Crippen molar-refractivity contribution < 1.29 is 18.0 Å². The second-order valence-electron chi connectivity index (χ2n) is 5.49. The minimum atomic E-state index is -4.05. The van der Waals surface area contributed by atoms with E-state index >= 15 is 0 Å². The Morgan fingerprint density at radius 2 is 2.08 bits per heavy atom. The number of sulfonamides is 1. The van der Waals surface area contributed by atoms with Crippen molar-refractivity contribution in [3.8, 4) is 0 Å². The number of benzene rings is 1. The molecule has 2 heterocycles. The summed E-state index contributed by atoms with van der Waals surface area (Å²) < 4.78 is 27.0. The van der Waals surface area contributed by atoms with Gasteiger partial charge in [-0.25, -0.2) is 18.1 Å². The van der Waals surface area contributed by atoms with Crippen LogP contribution in [0.3, 0.4) is 0 Å². The maximum atomic E-state index is 12.5. The van der Waals surface area contributed by atoms with Crippen LogP contribution in [0, 0.1) is 0 Å². The summed E-state index contributed by atoms with van der Waals surface area (Å²) >= 11 is 0. The topological polar surface area (TPSA) is 117 Å². The molecular weight excluding hydrogens is 344 g/mol. The quantitative estimate of drug-likeness (QED) is 0.750. The average molecular weight is 360 g/mol. The fourth-order valence-electron chi connectivity index (χ4n) is 2.60. The van der Waals surface area contributed by atoms with E-state index in [1.165, 1.54) is 18.3 Å². The van der Waals surface area contributed by atoms with E-state index in [4.69, 9.17) is 0 Å². The third-order valence-corrected chi connectivity index (χ3v) is 5.19. The Balaban J connectivity index is 1.88. The molecule has 8 nitrogen and oxygen atoms in total. The van der Waals surface area contributed by atoms with Crippen LogP contribution < -0.4 is 15.4 Å². The molecule has 0 spiro atoms. The minimum Gasteiger partial charge on any atom is -0.388 e. The summed E-state index contributed by atoms with van der Waals surface area (Å²) in [7, 11) is -2.39. The van der Waals surface area contributed by atoms with Crippen LogP contribution >= 0.6 is 0 Å². The first-order valence-corrected chi connectivity index (χ1v) is 8.98. The number of hydrogen-bond donors (Lipinski definition) is 3. The number of pyridine rings is 1. The van der Waals surface area contributed by atoms with Gasteiger partial charge in [0.05, 0.1) is 10.8 Å². The van der Waals surface area contributed by atoms with Gasteiger partial charge in [0.2, 0.25) is 11.8 Å². The number of rotatable bonds is 4. The largest absolute Gasteiger partial charge is 0.388 e. The van der Waals surface area contributed by atoms with Crippen molar-refractivity contribution in [3.63, 3.8) is 0 Å². The molecule has 3 rings (SSSR count). The highest BCUT2D eigenvalue weighted by molar-refractivity contribution is 7.90. The van der Waals surface area contributed by atoms with Crippen LogP contribution in [0.25, 0.3) is 0 Å². The van der Waals surface area contributed by atoms with Crippen molar-refractivity contribution >= 4 is 33.3 Å². The number of fused-ring (bicyclic) bond motifs is 1. The first-order valence-electron chi connectivity index (χ1n) is 7.50. The Bertz CT molecular complexity index is 943. The first-order chi connectivity index (χ1) is 11.9. The third kappa shape index (κ3) is 3.45. The lowest BCUT2D eigenvalue weighted by Crippen LogP contribution is -2.38. The second-order valence-corrected chi connectivity index (χ2v) is 7.18. The summed E-state index contributed by atoms with van der Waals surface area (Å²) in [4.78, 5) is 28.3. The van der Waals surface area contributed by atoms with E-state index < -0.39 is 21.8 Å². The maximum Gasteiger partial charge on any atom is 0.264 e. The number of nitrogens with zero attached hydrogens (tertiary/aromatic N) is 1. The molecule has 3 N–H and O–H groups in total. The predicted molar refractivity (Wildman–Crippen MR) is 91.5 cm³/mol. The zero-order chi connectivity index (χ0) is 18.0. The number of nitrogens with one attached hydrogen (secondary N) is 3. The van der Waals surface area contributed by atoms with Gasteiger partial charge >= 0.3 is 0 Å². The van der Waals surface area contributed by atoms with E-state index in [2.05, 4.69) is 20.3 Å². The normalized spacial score (nSPS) is 16.5. The Labute approximate surface area is 144 Å². The highest BCUT2D eigenvalue weighted by Gasteiger charge is 2.33. The molecule has 9 heteroatoms. The van der Waals surface area contributed by atoms with Gasteiger partial charge in [0.25, 0.3) is 10.0 Å². The molecule has 2 amide bonds. The second kappa shape index (κ2) is 6.52. The van der Waals surface area contributed by atoms with Gasteiger partial charge in [-0.2, -0.15) is 0 Å². The van der Waals surface area contributed by atoms with E-state index in [9.17, 15) is 18.0 Å². The highest BCUT2D eigenvalue weighted by atomic mass is 32.2. The predicted octanol–water partition coefficient (Wildman–Crippen LogP) is 1.05. The van der Waals surface area contributed by atoms with Crippen LogP contribution in [0.15, 0.2) is 47.5 Å². The number of hydrogen-bond acceptors (Lipinski definition) is 6. The molecule has 0 saturated carbocycles. The number of aromatic nitrogens is 1. The van der Waals surface area contributed by atoms with Crippen LogP contribution in [-0.4, -0.2) is 32.3 Å². The lowest BCUT2D eigenvalue weighted by Gasteiger charge is -2.23. The van der Waals surface area contributed by atoms with Crippen molar-refractivity contribution in [3.05, 3.63) is 48.2 Å². The summed E-state index contributed by atoms with van der Waals surface area (Å²) in [6.07, 6.45) is 1.34. The van der Waals surface area contributed by atoms with Crippen LogP contribution in [-0.2, 0) is 19.6 Å². The van der Waals surface area contributed by atoms with Crippen LogP contribution in [0.4, 0.5) is 11.5 Å². The van der Waals surface area contributed by atoms with Gasteiger partial charge in [0.15, 0.2) is 0 Å². The molecule has 0 radical (unpaired) electrons. The average Bonchev–Trinajstić information content (AvgIpc) is 2.60. The number of carbonyl (C=O) groups is 2. The van der Waals surface area contributed by atoms with E-state index in [0.717, 1.165) is 0 Å². The molecule has 0 saturated heterocycles. The summed E-state index contributed by atoms with van der Waals surface area (Å²) in [5.74, 6) is -1.80. The molecule has 1 unspecified atom stereocenters. The van der Waals surface area contributed by atoms with Crippen molar-refractivity contribution in [1.29, 1.82) is 0 Å². The molecule has 25 heavy (non-hydrogen) atoms. The van der Waals surface area contributed by atoms with Gasteiger partial charge in [-0.3, -0.25) is 9.59 Å².